The van der Waals surface area contributed by atoms with Crippen molar-refractivity contribution in [2.75, 3.05) is 31.1 Å². The van der Waals surface area contributed by atoms with E-state index in [1.807, 2.05) is 4.90 Å². The second kappa shape index (κ2) is 5.51. The zero-order chi connectivity index (χ0) is 18.0. The van der Waals surface area contributed by atoms with Gasteiger partial charge in [-0.1, -0.05) is 0 Å². The number of anilines is 1. The number of nitrogens with zero attached hydrogens (tertiary/aromatic N) is 4. The Kier molecular flexibility index (Phi) is 3.34. The summed E-state index contributed by atoms with van der Waals surface area (Å²) in [6.07, 6.45) is 4.17. The van der Waals surface area contributed by atoms with Gasteiger partial charge in [0.15, 0.2) is 11.6 Å². The SMILES string of the molecule is O=C(O)c1cn(C2CC2)c2nc(N3CCN4CCC3C4)c(F)cc2c1=O. The molecule has 2 unspecified atom stereocenters. The fourth-order valence-corrected chi connectivity index (χ4v) is 4.20. The maximum atomic E-state index is 14.9. The number of carbonyl (C=O) groups is 1. The van der Waals surface area contributed by atoms with Gasteiger partial charge in [-0.05, 0) is 25.3 Å². The molecule has 1 aliphatic carbocycles. The fourth-order valence-electron chi connectivity index (χ4n) is 4.20. The molecule has 0 radical (unpaired) electrons. The molecule has 26 heavy (non-hydrogen) atoms. The maximum absolute atomic E-state index is 14.9. The number of aromatic carboxylic acids is 1. The zero-order valence-electron chi connectivity index (χ0n) is 14.2. The van der Waals surface area contributed by atoms with E-state index in [-0.39, 0.29) is 28.9 Å². The average Bonchev–Trinajstić information content (AvgIpc) is 3.39. The molecule has 0 spiro atoms. The quantitative estimate of drug-likeness (QED) is 0.895. The molecule has 5 rings (SSSR count). The number of hydrogen-bond acceptors (Lipinski definition) is 5. The second-order valence-electron chi connectivity index (χ2n) is 7.42. The highest BCUT2D eigenvalue weighted by molar-refractivity contribution is 5.92. The van der Waals surface area contributed by atoms with Gasteiger partial charge in [0.2, 0.25) is 5.43 Å². The monoisotopic (exact) mass is 358 g/mol. The molecule has 136 valence electrons. The normalized spacial score (nSPS) is 25.0. The van der Waals surface area contributed by atoms with E-state index >= 15 is 0 Å². The minimum absolute atomic E-state index is 0.0445. The first-order valence-corrected chi connectivity index (χ1v) is 9.00. The first kappa shape index (κ1) is 15.7. The summed E-state index contributed by atoms with van der Waals surface area (Å²) >= 11 is 0. The lowest BCUT2D eigenvalue weighted by atomic mass is 10.1. The second-order valence-corrected chi connectivity index (χ2v) is 7.42. The first-order chi connectivity index (χ1) is 12.5. The van der Waals surface area contributed by atoms with Crippen LogP contribution in [0, 0.1) is 5.82 Å². The topological polar surface area (TPSA) is 78.7 Å². The third kappa shape index (κ3) is 2.32. The smallest absolute Gasteiger partial charge is 0.341 e. The molecule has 1 saturated carbocycles. The van der Waals surface area contributed by atoms with Gasteiger partial charge in [-0.25, -0.2) is 14.2 Å². The van der Waals surface area contributed by atoms with Crippen LogP contribution in [0.15, 0.2) is 17.1 Å². The lowest BCUT2D eigenvalue weighted by Crippen LogP contribution is -2.47. The van der Waals surface area contributed by atoms with Gasteiger partial charge in [0.05, 0.1) is 5.39 Å². The summed E-state index contributed by atoms with van der Waals surface area (Å²) in [6, 6.07) is 1.54. The summed E-state index contributed by atoms with van der Waals surface area (Å²) in [5.41, 5.74) is -0.616. The summed E-state index contributed by atoms with van der Waals surface area (Å²) in [6.45, 7) is 3.52. The van der Waals surface area contributed by atoms with Crippen molar-refractivity contribution in [3.8, 4) is 0 Å². The molecule has 0 amide bonds. The van der Waals surface area contributed by atoms with Gasteiger partial charge in [-0.3, -0.25) is 9.69 Å². The van der Waals surface area contributed by atoms with Crippen LogP contribution in [-0.2, 0) is 0 Å². The van der Waals surface area contributed by atoms with Crippen LogP contribution in [0.1, 0.15) is 35.7 Å². The Morgan fingerprint density at radius 1 is 1.19 bits per heavy atom. The summed E-state index contributed by atoms with van der Waals surface area (Å²) < 4.78 is 16.6. The number of fused-ring (bicyclic) bond motifs is 3. The van der Waals surface area contributed by atoms with E-state index in [1.165, 1.54) is 12.3 Å². The summed E-state index contributed by atoms with van der Waals surface area (Å²) in [4.78, 5) is 32.8. The predicted octanol–water partition coefficient (Wildman–Crippen LogP) is 1.46. The number of pyridine rings is 2. The number of piperazine rings is 1. The Bertz CT molecular complexity index is 985. The summed E-state index contributed by atoms with van der Waals surface area (Å²) in [5.74, 6) is -1.57. The van der Waals surface area contributed by atoms with E-state index < -0.39 is 17.2 Å². The number of rotatable bonds is 3. The van der Waals surface area contributed by atoms with Gasteiger partial charge in [0, 0.05) is 44.5 Å². The predicted molar refractivity (Wildman–Crippen MR) is 93.4 cm³/mol. The molecule has 2 saturated heterocycles. The van der Waals surface area contributed by atoms with Crippen molar-refractivity contribution < 1.29 is 14.3 Å². The molecule has 8 heteroatoms. The third-order valence-corrected chi connectivity index (χ3v) is 5.73. The zero-order valence-corrected chi connectivity index (χ0v) is 14.2. The summed E-state index contributed by atoms with van der Waals surface area (Å²) in [5, 5.41) is 9.35. The molecule has 2 atom stereocenters. The van der Waals surface area contributed by atoms with Crippen molar-refractivity contribution in [1.29, 1.82) is 0 Å². The lowest BCUT2D eigenvalue weighted by molar-refractivity contribution is 0.0695. The van der Waals surface area contributed by atoms with Crippen LogP contribution < -0.4 is 10.3 Å². The van der Waals surface area contributed by atoms with Crippen molar-refractivity contribution in [3.63, 3.8) is 0 Å². The largest absolute Gasteiger partial charge is 0.477 e. The molecular weight excluding hydrogens is 339 g/mol. The highest BCUT2D eigenvalue weighted by atomic mass is 19.1. The van der Waals surface area contributed by atoms with E-state index in [0.717, 1.165) is 38.9 Å². The van der Waals surface area contributed by atoms with Crippen LogP contribution in [0.25, 0.3) is 11.0 Å². The molecule has 2 aromatic heterocycles. The van der Waals surface area contributed by atoms with E-state index in [1.54, 1.807) is 4.57 Å². The Balaban J connectivity index is 1.71. The van der Waals surface area contributed by atoms with Crippen LogP contribution >= 0.6 is 0 Å². The van der Waals surface area contributed by atoms with Crippen LogP contribution in [0.3, 0.4) is 0 Å². The molecule has 2 aromatic rings. The van der Waals surface area contributed by atoms with E-state index in [0.29, 0.717) is 12.2 Å². The van der Waals surface area contributed by atoms with E-state index in [2.05, 4.69) is 9.88 Å². The fraction of sp³-hybridized carbons (Fsp3) is 0.500. The van der Waals surface area contributed by atoms with Crippen molar-refractivity contribution in [2.45, 2.75) is 31.3 Å². The lowest BCUT2D eigenvalue weighted by Gasteiger charge is -2.35. The number of aromatic nitrogens is 2. The van der Waals surface area contributed by atoms with Gasteiger partial charge < -0.3 is 14.6 Å². The van der Waals surface area contributed by atoms with Crippen molar-refractivity contribution >= 4 is 22.8 Å². The Morgan fingerprint density at radius 2 is 2.00 bits per heavy atom. The Labute approximate surface area is 148 Å². The average molecular weight is 358 g/mol. The minimum Gasteiger partial charge on any atom is -0.477 e. The van der Waals surface area contributed by atoms with Crippen molar-refractivity contribution in [3.05, 3.63) is 33.9 Å². The van der Waals surface area contributed by atoms with Gasteiger partial charge in [0.1, 0.15) is 11.2 Å². The Hall–Kier alpha value is -2.48. The molecule has 1 N–H and O–H groups in total. The van der Waals surface area contributed by atoms with Gasteiger partial charge in [-0.15, -0.1) is 0 Å². The molecule has 3 aliphatic rings. The standard InChI is InChI=1S/C18H19FN4O3/c19-14-7-12-15(24)13(18(25)26)9-23(10-1-2-10)16(12)20-17(14)22-6-5-21-4-3-11(22)8-21/h7,9-11H,1-6,8H2,(H,25,26). The highest BCUT2D eigenvalue weighted by Gasteiger charge is 2.35. The number of hydrogen-bond donors (Lipinski definition) is 1. The van der Waals surface area contributed by atoms with Crippen LogP contribution in [0.2, 0.25) is 0 Å². The van der Waals surface area contributed by atoms with Gasteiger partial charge in [0.25, 0.3) is 0 Å². The molecule has 3 fully saturated rings. The van der Waals surface area contributed by atoms with Crippen LogP contribution in [0.5, 0.6) is 0 Å². The van der Waals surface area contributed by atoms with E-state index in [4.69, 9.17) is 0 Å². The van der Waals surface area contributed by atoms with Gasteiger partial charge in [-0.2, -0.15) is 0 Å². The molecule has 0 aromatic carbocycles. The number of carboxylic acid groups (broad SMARTS) is 1. The van der Waals surface area contributed by atoms with Crippen LogP contribution in [-0.4, -0.2) is 57.7 Å². The molecule has 4 heterocycles. The van der Waals surface area contributed by atoms with E-state index in [9.17, 15) is 19.1 Å². The van der Waals surface area contributed by atoms with Crippen molar-refractivity contribution in [1.82, 2.24) is 14.5 Å². The maximum Gasteiger partial charge on any atom is 0.341 e. The minimum atomic E-state index is -1.29. The third-order valence-electron chi connectivity index (χ3n) is 5.73. The number of halogens is 1. The number of carboxylic acids is 1. The summed E-state index contributed by atoms with van der Waals surface area (Å²) in [7, 11) is 0. The van der Waals surface area contributed by atoms with Crippen LogP contribution in [0.4, 0.5) is 10.2 Å². The molecule has 2 aliphatic heterocycles. The highest BCUT2D eigenvalue weighted by Crippen LogP contribution is 2.37. The molecular formula is C18H19FN4O3. The van der Waals surface area contributed by atoms with Gasteiger partial charge >= 0.3 is 5.97 Å². The molecule has 2 bridgehead atoms. The van der Waals surface area contributed by atoms with Crippen molar-refractivity contribution in [2.24, 2.45) is 0 Å². The first-order valence-electron chi connectivity index (χ1n) is 9.00. The Morgan fingerprint density at radius 3 is 2.73 bits per heavy atom. The molecule has 7 nitrogen and oxygen atoms in total.